The number of amides is 3. The van der Waals surface area contributed by atoms with Gasteiger partial charge in [0, 0.05) is 6.42 Å². The largest absolute Gasteiger partial charge is 0.481 e. The zero-order valence-electron chi connectivity index (χ0n) is 10.7. The average molecular weight is 286 g/mol. The van der Waals surface area contributed by atoms with Crippen molar-refractivity contribution in [2.75, 3.05) is 5.32 Å². The molecular weight excluding hydrogens is 272 g/mol. The third-order valence-corrected chi connectivity index (χ3v) is 2.94. The summed E-state index contributed by atoms with van der Waals surface area (Å²) in [5.74, 6) is -1.78. The van der Waals surface area contributed by atoms with Gasteiger partial charge in [0.05, 0.1) is 5.41 Å². The van der Waals surface area contributed by atoms with Crippen molar-refractivity contribution in [2.45, 2.75) is 27.2 Å². The van der Waals surface area contributed by atoms with Crippen molar-refractivity contribution in [1.82, 2.24) is 15.5 Å². The number of anilines is 1. The van der Waals surface area contributed by atoms with E-state index in [9.17, 15) is 14.4 Å². The molecule has 1 aromatic heterocycles. The molecule has 0 saturated carbocycles. The van der Waals surface area contributed by atoms with E-state index < -0.39 is 23.3 Å². The van der Waals surface area contributed by atoms with Crippen LogP contribution >= 0.6 is 11.3 Å². The number of aliphatic carboxylic acids is 1. The van der Waals surface area contributed by atoms with Gasteiger partial charge in [0.25, 0.3) is 0 Å². The molecule has 104 valence electrons. The molecule has 8 nitrogen and oxygen atoms in total. The zero-order valence-corrected chi connectivity index (χ0v) is 11.5. The molecule has 19 heavy (non-hydrogen) atoms. The number of urea groups is 1. The van der Waals surface area contributed by atoms with Gasteiger partial charge in [-0.05, 0) is 20.8 Å². The Morgan fingerprint density at radius 2 is 1.95 bits per heavy atom. The van der Waals surface area contributed by atoms with Gasteiger partial charge in [-0.15, -0.1) is 10.2 Å². The minimum atomic E-state index is -1.23. The minimum Gasteiger partial charge on any atom is -0.481 e. The molecule has 0 unspecified atom stereocenters. The van der Waals surface area contributed by atoms with Crippen LogP contribution in [0.15, 0.2) is 0 Å². The van der Waals surface area contributed by atoms with Crippen molar-refractivity contribution >= 4 is 34.4 Å². The fraction of sp³-hybridized carbons (Fsp3) is 0.500. The summed E-state index contributed by atoms with van der Waals surface area (Å²) in [6.07, 6.45) is -0.301. The quantitative estimate of drug-likeness (QED) is 0.759. The van der Waals surface area contributed by atoms with Crippen molar-refractivity contribution < 1.29 is 19.5 Å². The van der Waals surface area contributed by atoms with Crippen molar-refractivity contribution in [2.24, 2.45) is 5.41 Å². The van der Waals surface area contributed by atoms with E-state index in [-0.39, 0.29) is 11.6 Å². The van der Waals surface area contributed by atoms with Gasteiger partial charge >= 0.3 is 12.0 Å². The van der Waals surface area contributed by atoms with Crippen LogP contribution in [0.3, 0.4) is 0 Å². The van der Waals surface area contributed by atoms with Crippen LogP contribution in [-0.4, -0.2) is 33.2 Å². The van der Waals surface area contributed by atoms with Gasteiger partial charge in [-0.3, -0.25) is 20.2 Å². The van der Waals surface area contributed by atoms with Crippen molar-refractivity contribution in [3.8, 4) is 0 Å². The maximum Gasteiger partial charge on any atom is 0.327 e. The number of carboxylic acids is 1. The Kier molecular flexibility index (Phi) is 4.54. The van der Waals surface area contributed by atoms with Crippen LogP contribution in [0.25, 0.3) is 0 Å². The number of nitrogens with zero attached hydrogens (tertiary/aromatic N) is 2. The summed E-state index contributed by atoms with van der Waals surface area (Å²) in [6, 6.07) is -0.762. The third-order valence-electron chi connectivity index (χ3n) is 2.18. The Labute approximate surface area is 113 Å². The third kappa shape index (κ3) is 4.62. The van der Waals surface area contributed by atoms with Gasteiger partial charge in [0.2, 0.25) is 11.0 Å². The molecule has 0 radical (unpaired) electrons. The predicted octanol–water partition coefficient (Wildman–Crippen LogP) is 0.996. The SMILES string of the molecule is Cc1nnc(NC(=O)NC(=O)CC(C)(C)C(=O)O)s1. The van der Waals surface area contributed by atoms with E-state index in [0.717, 1.165) is 11.3 Å². The first-order chi connectivity index (χ1) is 8.70. The lowest BCUT2D eigenvalue weighted by atomic mass is 9.89. The number of imide groups is 1. The topological polar surface area (TPSA) is 121 Å². The smallest absolute Gasteiger partial charge is 0.327 e. The standard InChI is InChI=1S/C10H14N4O4S/c1-5-13-14-9(19-5)12-8(18)11-6(15)4-10(2,3)7(16)17/h4H2,1-3H3,(H,16,17)(H2,11,12,14,15,18). The molecule has 0 fully saturated rings. The van der Waals surface area contributed by atoms with Gasteiger partial charge < -0.3 is 5.11 Å². The number of carbonyl (C=O) groups excluding carboxylic acids is 2. The van der Waals surface area contributed by atoms with E-state index in [2.05, 4.69) is 15.5 Å². The second kappa shape index (κ2) is 5.74. The second-order valence-corrected chi connectivity index (χ2v) is 5.68. The summed E-state index contributed by atoms with van der Waals surface area (Å²) in [4.78, 5) is 33.8. The summed E-state index contributed by atoms with van der Waals surface area (Å²) >= 11 is 1.16. The highest BCUT2D eigenvalue weighted by Crippen LogP contribution is 2.20. The molecule has 0 atom stereocenters. The molecule has 0 aliphatic heterocycles. The number of rotatable bonds is 4. The van der Waals surface area contributed by atoms with Crippen LogP contribution in [0, 0.1) is 12.3 Å². The molecule has 1 rings (SSSR count). The minimum absolute atomic E-state index is 0.264. The molecule has 0 saturated heterocycles. The molecule has 0 aliphatic rings. The first-order valence-electron chi connectivity index (χ1n) is 5.35. The van der Waals surface area contributed by atoms with E-state index in [0.29, 0.717) is 5.01 Å². The van der Waals surface area contributed by atoms with Crippen molar-refractivity contribution in [3.63, 3.8) is 0 Å². The highest BCUT2D eigenvalue weighted by atomic mass is 32.1. The Morgan fingerprint density at radius 3 is 2.42 bits per heavy atom. The molecule has 0 spiro atoms. The highest BCUT2D eigenvalue weighted by molar-refractivity contribution is 7.15. The molecule has 3 N–H and O–H groups in total. The molecule has 1 heterocycles. The monoisotopic (exact) mass is 286 g/mol. The number of hydrogen-bond acceptors (Lipinski definition) is 6. The normalized spacial score (nSPS) is 10.9. The Hall–Kier alpha value is -2.03. The van der Waals surface area contributed by atoms with Gasteiger partial charge in [-0.1, -0.05) is 11.3 Å². The van der Waals surface area contributed by atoms with Gasteiger partial charge in [-0.2, -0.15) is 0 Å². The van der Waals surface area contributed by atoms with E-state index in [4.69, 9.17) is 5.11 Å². The Morgan fingerprint density at radius 1 is 1.32 bits per heavy atom. The molecule has 1 aromatic rings. The number of aromatic nitrogens is 2. The fourth-order valence-electron chi connectivity index (χ4n) is 1.12. The van der Waals surface area contributed by atoms with Crippen LogP contribution in [0.4, 0.5) is 9.93 Å². The van der Waals surface area contributed by atoms with Crippen molar-refractivity contribution in [1.29, 1.82) is 0 Å². The van der Waals surface area contributed by atoms with Crippen LogP contribution in [-0.2, 0) is 9.59 Å². The Bertz CT molecular complexity index is 511. The number of carbonyl (C=O) groups is 3. The summed E-state index contributed by atoms with van der Waals surface area (Å²) < 4.78 is 0. The van der Waals surface area contributed by atoms with Gasteiger partial charge in [0.15, 0.2) is 0 Å². The van der Waals surface area contributed by atoms with Gasteiger partial charge in [0.1, 0.15) is 5.01 Å². The lowest BCUT2D eigenvalue weighted by Crippen LogP contribution is -2.38. The van der Waals surface area contributed by atoms with Crippen LogP contribution in [0.1, 0.15) is 25.3 Å². The molecule has 0 aromatic carbocycles. The molecule has 0 bridgehead atoms. The summed E-state index contributed by atoms with van der Waals surface area (Å²) in [6.45, 7) is 4.53. The summed E-state index contributed by atoms with van der Waals surface area (Å²) in [5.41, 5.74) is -1.23. The lowest BCUT2D eigenvalue weighted by molar-refractivity contribution is -0.149. The van der Waals surface area contributed by atoms with E-state index >= 15 is 0 Å². The lowest BCUT2D eigenvalue weighted by Gasteiger charge is -2.17. The van der Waals surface area contributed by atoms with Crippen molar-refractivity contribution in [3.05, 3.63) is 5.01 Å². The van der Waals surface area contributed by atoms with E-state index in [1.807, 2.05) is 5.32 Å². The van der Waals surface area contributed by atoms with E-state index in [1.54, 1.807) is 6.92 Å². The van der Waals surface area contributed by atoms with Crippen LogP contribution < -0.4 is 10.6 Å². The summed E-state index contributed by atoms with van der Waals surface area (Å²) in [5, 5.41) is 21.5. The van der Waals surface area contributed by atoms with E-state index in [1.165, 1.54) is 13.8 Å². The fourth-order valence-corrected chi connectivity index (χ4v) is 1.71. The molecule has 3 amide bonds. The molecule has 0 aliphatic carbocycles. The highest BCUT2D eigenvalue weighted by Gasteiger charge is 2.30. The summed E-state index contributed by atoms with van der Waals surface area (Å²) in [7, 11) is 0. The Balaban J connectivity index is 2.49. The maximum atomic E-state index is 11.5. The first-order valence-corrected chi connectivity index (χ1v) is 6.17. The molecular formula is C10H14N4O4S. The number of nitrogens with one attached hydrogen (secondary N) is 2. The molecule has 9 heteroatoms. The van der Waals surface area contributed by atoms with Crippen LogP contribution in [0.5, 0.6) is 0 Å². The number of hydrogen-bond donors (Lipinski definition) is 3. The zero-order chi connectivity index (χ0) is 14.6. The number of aryl methyl sites for hydroxylation is 1. The average Bonchev–Trinajstić information content (AvgIpc) is 2.61. The number of carboxylic acid groups (broad SMARTS) is 1. The van der Waals surface area contributed by atoms with Gasteiger partial charge in [-0.25, -0.2) is 4.79 Å². The van der Waals surface area contributed by atoms with Crippen LogP contribution in [0.2, 0.25) is 0 Å². The maximum absolute atomic E-state index is 11.5. The first kappa shape index (κ1) is 15.0. The second-order valence-electron chi connectivity index (χ2n) is 4.49. The predicted molar refractivity (Wildman–Crippen MR) is 67.8 cm³/mol.